The molecule has 0 amide bonds. The van der Waals surface area contributed by atoms with E-state index in [9.17, 15) is 4.79 Å². The van der Waals surface area contributed by atoms with Gasteiger partial charge >= 0.3 is 5.97 Å². The molecule has 0 aliphatic rings. The number of hydrogen-bond acceptors (Lipinski definition) is 2. The third-order valence-corrected chi connectivity index (χ3v) is 7.58. The van der Waals surface area contributed by atoms with Crippen LogP contribution in [0, 0.1) is 5.92 Å². The summed E-state index contributed by atoms with van der Waals surface area (Å²) in [6.45, 7) is 7.55. The molecular weight excluding hydrogens is 452 g/mol. The van der Waals surface area contributed by atoms with E-state index in [-0.39, 0.29) is 5.97 Å². The first kappa shape index (κ1) is 36.2. The van der Waals surface area contributed by atoms with E-state index in [1.54, 1.807) is 0 Å². The highest BCUT2D eigenvalue weighted by molar-refractivity contribution is 5.69. The van der Waals surface area contributed by atoms with Crippen LogP contribution in [0.2, 0.25) is 0 Å². The second-order valence-electron chi connectivity index (χ2n) is 12.0. The molecule has 0 fully saturated rings. The molecule has 0 atom stereocenters. The first-order valence-electron chi connectivity index (χ1n) is 17.0. The van der Waals surface area contributed by atoms with Gasteiger partial charge < -0.3 is 4.74 Å². The highest BCUT2D eigenvalue weighted by atomic mass is 16.5. The highest BCUT2D eigenvalue weighted by Crippen LogP contribution is 2.14. The molecule has 37 heavy (non-hydrogen) atoms. The lowest BCUT2D eigenvalue weighted by atomic mass is 10.0. The lowest BCUT2D eigenvalue weighted by molar-refractivity contribution is -0.143. The first-order chi connectivity index (χ1) is 18.2. The number of esters is 1. The van der Waals surface area contributed by atoms with Crippen molar-refractivity contribution in [3.8, 4) is 0 Å². The van der Waals surface area contributed by atoms with Crippen molar-refractivity contribution in [1.82, 2.24) is 0 Å². The SMILES string of the molecule is CCCCCCC=CCCCCCCCCCCCC(=O)OCCCCCCCCCCCCC(C)C. The Morgan fingerprint density at radius 2 is 0.946 bits per heavy atom. The maximum atomic E-state index is 11.9. The van der Waals surface area contributed by atoms with Crippen LogP contribution in [0.4, 0.5) is 0 Å². The molecule has 0 aromatic carbocycles. The topological polar surface area (TPSA) is 26.3 Å². The van der Waals surface area contributed by atoms with Crippen LogP contribution in [0.25, 0.3) is 0 Å². The Morgan fingerprint density at radius 1 is 0.541 bits per heavy atom. The fourth-order valence-electron chi connectivity index (χ4n) is 5.02. The monoisotopic (exact) mass is 521 g/mol. The summed E-state index contributed by atoms with van der Waals surface area (Å²) >= 11 is 0. The van der Waals surface area contributed by atoms with Crippen molar-refractivity contribution in [2.45, 2.75) is 194 Å². The van der Waals surface area contributed by atoms with E-state index >= 15 is 0 Å². The summed E-state index contributed by atoms with van der Waals surface area (Å²) in [5.74, 6) is 0.883. The van der Waals surface area contributed by atoms with E-state index in [4.69, 9.17) is 4.74 Å². The van der Waals surface area contributed by atoms with Crippen LogP contribution in [0.3, 0.4) is 0 Å². The van der Waals surface area contributed by atoms with E-state index in [2.05, 4.69) is 32.9 Å². The van der Waals surface area contributed by atoms with Gasteiger partial charge in [0.1, 0.15) is 0 Å². The van der Waals surface area contributed by atoms with Crippen molar-refractivity contribution in [3.05, 3.63) is 12.2 Å². The molecule has 220 valence electrons. The normalized spacial score (nSPS) is 11.7. The number of hydrogen-bond donors (Lipinski definition) is 0. The molecule has 0 saturated heterocycles. The van der Waals surface area contributed by atoms with Crippen LogP contribution < -0.4 is 0 Å². The highest BCUT2D eigenvalue weighted by Gasteiger charge is 2.03. The zero-order valence-electron chi connectivity index (χ0n) is 25.8. The van der Waals surface area contributed by atoms with Crippen LogP contribution in [0.1, 0.15) is 194 Å². The van der Waals surface area contributed by atoms with Crippen molar-refractivity contribution in [2.75, 3.05) is 6.61 Å². The zero-order chi connectivity index (χ0) is 27.1. The Balaban J connectivity index is 3.18. The summed E-state index contributed by atoms with van der Waals surface area (Å²) in [5, 5.41) is 0. The molecule has 0 unspecified atom stereocenters. The lowest BCUT2D eigenvalue weighted by Gasteiger charge is -2.06. The molecule has 2 nitrogen and oxygen atoms in total. The Kier molecular flexibility index (Phi) is 30.8. The van der Waals surface area contributed by atoms with Gasteiger partial charge in [0.25, 0.3) is 0 Å². The van der Waals surface area contributed by atoms with Gasteiger partial charge in [0.05, 0.1) is 6.61 Å². The molecule has 0 heterocycles. The van der Waals surface area contributed by atoms with Crippen molar-refractivity contribution in [1.29, 1.82) is 0 Å². The number of ether oxygens (including phenoxy) is 1. The third kappa shape index (κ3) is 33.2. The summed E-state index contributed by atoms with van der Waals surface area (Å²) in [4.78, 5) is 11.9. The predicted molar refractivity (Wildman–Crippen MR) is 165 cm³/mol. The predicted octanol–water partition coefficient (Wildman–Crippen LogP) is 12.3. The molecule has 0 aromatic heterocycles. The van der Waals surface area contributed by atoms with Gasteiger partial charge in [-0.3, -0.25) is 4.79 Å². The van der Waals surface area contributed by atoms with Gasteiger partial charge in [-0.25, -0.2) is 0 Å². The summed E-state index contributed by atoms with van der Waals surface area (Å²) in [5.41, 5.74) is 0. The summed E-state index contributed by atoms with van der Waals surface area (Å²) in [7, 11) is 0. The minimum atomic E-state index is 0.0208. The van der Waals surface area contributed by atoms with Crippen LogP contribution >= 0.6 is 0 Å². The molecular formula is C35H68O2. The van der Waals surface area contributed by atoms with Crippen LogP contribution in [-0.4, -0.2) is 12.6 Å². The van der Waals surface area contributed by atoms with Crippen molar-refractivity contribution in [2.24, 2.45) is 5.92 Å². The minimum absolute atomic E-state index is 0.0208. The van der Waals surface area contributed by atoms with Gasteiger partial charge in [0.2, 0.25) is 0 Å². The maximum absolute atomic E-state index is 11.9. The maximum Gasteiger partial charge on any atom is 0.305 e. The van der Waals surface area contributed by atoms with Gasteiger partial charge in [-0.2, -0.15) is 0 Å². The van der Waals surface area contributed by atoms with E-state index in [0.29, 0.717) is 13.0 Å². The van der Waals surface area contributed by atoms with Gasteiger partial charge in [-0.1, -0.05) is 161 Å². The quantitative estimate of drug-likeness (QED) is 0.0534. The Bertz CT molecular complexity index is 468. The Hall–Kier alpha value is -0.790. The third-order valence-electron chi connectivity index (χ3n) is 7.58. The summed E-state index contributed by atoms with van der Waals surface area (Å²) < 4.78 is 5.43. The zero-order valence-corrected chi connectivity index (χ0v) is 25.8. The summed E-state index contributed by atoms with van der Waals surface area (Å²) in [6.07, 6.45) is 39.7. The van der Waals surface area contributed by atoms with E-state index < -0.39 is 0 Å². The second kappa shape index (κ2) is 31.4. The van der Waals surface area contributed by atoms with Crippen molar-refractivity contribution >= 4 is 5.97 Å². The molecule has 0 rings (SSSR count). The number of allylic oxidation sites excluding steroid dienone is 2. The minimum Gasteiger partial charge on any atom is -0.466 e. The van der Waals surface area contributed by atoms with Crippen LogP contribution in [-0.2, 0) is 9.53 Å². The van der Waals surface area contributed by atoms with Gasteiger partial charge in [0, 0.05) is 6.42 Å². The van der Waals surface area contributed by atoms with Crippen molar-refractivity contribution in [3.63, 3.8) is 0 Å². The largest absolute Gasteiger partial charge is 0.466 e. The first-order valence-corrected chi connectivity index (χ1v) is 17.0. The van der Waals surface area contributed by atoms with E-state index in [1.165, 1.54) is 154 Å². The fourth-order valence-corrected chi connectivity index (χ4v) is 5.02. The fraction of sp³-hybridized carbons (Fsp3) is 0.914. The molecule has 0 radical (unpaired) electrons. The van der Waals surface area contributed by atoms with E-state index in [1.807, 2.05) is 0 Å². The van der Waals surface area contributed by atoms with Gasteiger partial charge in [-0.05, 0) is 44.4 Å². The van der Waals surface area contributed by atoms with E-state index in [0.717, 1.165) is 18.8 Å². The molecule has 0 bridgehead atoms. The molecule has 0 aliphatic heterocycles. The van der Waals surface area contributed by atoms with Crippen LogP contribution in [0.5, 0.6) is 0 Å². The van der Waals surface area contributed by atoms with Gasteiger partial charge in [0.15, 0.2) is 0 Å². The molecule has 0 N–H and O–H groups in total. The molecule has 2 heteroatoms. The number of rotatable bonds is 30. The molecule has 0 aliphatic carbocycles. The average Bonchev–Trinajstić information content (AvgIpc) is 2.88. The Morgan fingerprint density at radius 3 is 1.43 bits per heavy atom. The number of carbonyl (C=O) groups is 1. The Labute approximate surface area is 234 Å². The van der Waals surface area contributed by atoms with Crippen molar-refractivity contribution < 1.29 is 9.53 Å². The standard InChI is InChI=1S/C35H68O2/c1-4-5-6-7-8-9-10-11-12-13-14-15-16-20-23-26-29-32-35(36)37-33-30-27-24-21-18-17-19-22-25-28-31-34(2)3/h9-10,34H,4-8,11-33H2,1-3H3. The number of carbonyl (C=O) groups excluding carboxylic acids is 1. The number of unbranched alkanes of at least 4 members (excludes halogenated alkanes) is 22. The molecule has 0 spiro atoms. The average molecular weight is 521 g/mol. The molecule has 0 saturated carbocycles. The van der Waals surface area contributed by atoms with Crippen LogP contribution in [0.15, 0.2) is 12.2 Å². The molecule has 0 aromatic rings. The lowest BCUT2D eigenvalue weighted by Crippen LogP contribution is -2.05. The smallest absolute Gasteiger partial charge is 0.305 e. The summed E-state index contributed by atoms with van der Waals surface area (Å²) in [6, 6.07) is 0. The second-order valence-corrected chi connectivity index (χ2v) is 12.0. The van der Waals surface area contributed by atoms with Gasteiger partial charge in [-0.15, -0.1) is 0 Å².